The molecule has 0 radical (unpaired) electrons. The molecule has 0 bridgehead atoms. The molecule has 2 aromatic rings. The zero-order valence-electron chi connectivity index (χ0n) is 28.9. The molecule has 0 saturated carbocycles. The summed E-state index contributed by atoms with van der Waals surface area (Å²) < 4.78 is 31.6. The van der Waals surface area contributed by atoms with Crippen molar-refractivity contribution in [3.05, 3.63) is 75.3 Å². The van der Waals surface area contributed by atoms with Crippen LogP contribution in [0.4, 0.5) is 8.78 Å². The van der Waals surface area contributed by atoms with E-state index in [2.05, 4.69) is 19.2 Å². The molecule has 51 heavy (non-hydrogen) atoms. The number of amides is 5. The van der Waals surface area contributed by atoms with E-state index in [0.29, 0.717) is 48.7 Å². The van der Waals surface area contributed by atoms with E-state index in [9.17, 15) is 24.0 Å². The van der Waals surface area contributed by atoms with Crippen molar-refractivity contribution < 1.29 is 32.8 Å². The summed E-state index contributed by atoms with van der Waals surface area (Å²) in [7, 11) is 0. The minimum atomic E-state index is -3.17. The zero-order valence-corrected chi connectivity index (χ0v) is 29.6. The van der Waals surface area contributed by atoms with Gasteiger partial charge < -0.3 is 14.7 Å². The first-order chi connectivity index (χ1) is 24.2. The lowest BCUT2D eigenvalue weighted by atomic mass is 9.72. The number of piperidine rings is 2. The summed E-state index contributed by atoms with van der Waals surface area (Å²) in [6.07, 6.45) is 2.74. The number of carbonyl (C=O) groups is 5. The van der Waals surface area contributed by atoms with Crippen LogP contribution in [0, 0.1) is 5.41 Å². The molecule has 1 aliphatic carbocycles. The van der Waals surface area contributed by atoms with Gasteiger partial charge in [-0.3, -0.25) is 34.2 Å². The Labute approximate surface area is 300 Å². The smallest absolute Gasteiger partial charge is 0.280 e. The standard InChI is InChI=1S/C38H42ClF2N5O5/c1-37(2)13-11-28(29(20-37)23-3-6-26(39)7-4-23)35(50)44-17-15-43(16-18-44)31-12-14-45(22-38(31,40)41)34(49)24-5-8-27-25(19-24)21-46(36(27)51)30-9-10-32(47)42-33(30)48/h3-8,19,30-31H,9-18,20-22H2,1-2H3,(H,42,47,48). The third-order valence-electron chi connectivity index (χ3n) is 11.2. The van der Waals surface area contributed by atoms with Crippen molar-refractivity contribution in [2.75, 3.05) is 39.3 Å². The maximum absolute atomic E-state index is 15.8. The van der Waals surface area contributed by atoms with Gasteiger partial charge in [0.15, 0.2) is 0 Å². The Hall–Kier alpha value is -4.16. The van der Waals surface area contributed by atoms with Crippen molar-refractivity contribution in [3.63, 3.8) is 0 Å². The minimum Gasteiger partial charge on any atom is -0.336 e. The van der Waals surface area contributed by atoms with E-state index < -0.39 is 36.4 Å². The molecule has 1 N–H and O–H groups in total. The quantitative estimate of drug-likeness (QED) is 0.447. The van der Waals surface area contributed by atoms with E-state index >= 15 is 8.78 Å². The van der Waals surface area contributed by atoms with E-state index in [1.165, 1.54) is 21.9 Å². The summed E-state index contributed by atoms with van der Waals surface area (Å²) in [5, 5.41) is 2.89. The average Bonchev–Trinajstić information content (AvgIpc) is 3.42. The first-order valence-corrected chi connectivity index (χ1v) is 18.0. The van der Waals surface area contributed by atoms with Gasteiger partial charge in [-0.05, 0) is 84.6 Å². The van der Waals surface area contributed by atoms with Crippen LogP contribution in [0.2, 0.25) is 5.02 Å². The van der Waals surface area contributed by atoms with E-state index in [-0.39, 0.29) is 61.1 Å². The second-order valence-electron chi connectivity index (χ2n) is 15.2. The van der Waals surface area contributed by atoms with E-state index in [4.69, 9.17) is 11.6 Å². The number of piperazine rings is 1. The predicted octanol–water partition coefficient (Wildman–Crippen LogP) is 4.76. The summed E-state index contributed by atoms with van der Waals surface area (Å²) in [5.41, 5.74) is 3.95. The molecule has 2 unspecified atom stereocenters. The fraction of sp³-hybridized carbons (Fsp3) is 0.500. The first kappa shape index (κ1) is 35.3. The van der Waals surface area contributed by atoms with Gasteiger partial charge in [0.05, 0.1) is 12.6 Å². The number of fused-ring (bicyclic) bond motifs is 1. The third kappa shape index (κ3) is 6.92. The van der Waals surface area contributed by atoms with E-state index in [0.717, 1.165) is 29.6 Å². The molecule has 7 rings (SSSR count). The largest absolute Gasteiger partial charge is 0.336 e. The fourth-order valence-corrected chi connectivity index (χ4v) is 8.45. The third-order valence-corrected chi connectivity index (χ3v) is 11.4. The molecule has 0 aromatic heterocycles. The molecule has 0 spiro atoms. The van der Waals surface area contributed by atoms with Crippen molar-refractivity contribution in [1.29, 1.82) is 0 Å². The summed E-state index contributed by atoms with van der Waals surface area (Å²) in [6.45, 7) is 5.23. The van der Waals surface area contributed by atoms with Gasteiger partial charge in [0.25, 0.3) is 17.7 Å². The van der Waals surface area contributed by atoms with Gasteiger partial charge in [-0.25, -0.2) is 8.78 Å². The molecule has 270 valence electrons. The zero-order chi connectivity index (χ0) is 36.2. The number of allylic oxidation sites excluding steroid dienone is 1. The lowest BCUT2D eigenvalue weighted by molar-refractivity contribution is -0.138. The Balaban J connectivity index is 0.976. The monoisotopic (exact) mass is 721 g/mol. The van der Waals surface area contributed by atoms with Crippen LogP contribution in [-0.4, -0.2) is 106 Å². The van der Waals surface area contributed by atoms with Crippen molar-refractivity contribution in [2.24, 2.45) is 5.41 Å². The molecule has 10 nitrogen and oxygen atoms in total. The van der Waals surface area contributed by atoms with Crippen molar-refractivity contribution in [1.82, 2.24) is 24.9 Å². The lowest BCUT2D eigenvalue weighted by Crippen LogP contribution is -2.63. The Morgan fingerprint density at radius 3 is 2.29 bits per heavy atom. The predicted molar refractivity (Wildman–Crippen MR) is 186 cm³/mol. The molecule has 5 aliphatic rings. The first-order valence-electron chi connectivity index (χ1n) is 17.7. The molecular formula is C38H42ClF2N5O5. The van der Waals surface area contributed by atoms with Crippen LogP contribution in [0.25, 0.3) is 5.57 Å². The van der Waals surface area contributed by atoms with Gasteiger partial charge in [0, 0.05) is 67.4 Å². The number of hydrogen-bond acceptors (Lipinski definition) is 6. The molecule has 5 amide bonds. The molecule has 4 aliphatic heterocycles. The summed E-state index contributed by atoms with van der Waals surface area (Å²) in [6, 6.07) is 10.2. The Morgan fingerprint density at radius 2 is 1.61 bits per heavy atom. The van der Waals surface area contributed by atoms with Crippen LogP contribution in [0.5, 0.6) is 0 Å². The van der Waals surface area contributed by atoms with Crippen LogP contribution >= 0.6 is 11.6 Å². The molecular weight excluding hydrogens is 680 g/mol. The SMILES string of the molecule is CC1(C)CCC(C(=O)N2CCN(C3CCN(C(=O)c4ccc5c(c4)CN(C4CCC(=O)NC4=O)C5=O)CC3(F)F)CC2)=C(c2ccc(Cl)cc2)C1. The second kappa shape index (κ2) is 13.4. The van der Waals surface area contributed by atoms with Gasteiger partial charge in [-0.2, -0.15) is 0 Å². The molecule has 2 aromatic carbocycles. The van der Waals surface area contributed by atoms with E-state index in [1.54, 1.807) is 15.9 Å². The number of hydrogen-bond donors (Lipinski definition) is 1. The Kier molecular flexibility index (Phi) is 9.28. The molecule has 13 heteroatoms. The van der Waals surface area contributed by atoms with Crippen molar-refractivity contribution >= 4 is 46.7 Å². The number of likely N-dealkylation sites (tertiary alicyclic amines) is 1. The number of benzene rings is 2. The van der Waals surface area contributed by atoms with Gasteiger partial charge >= 0.3 is 0 Å². The fourth-order valence-electron chi connectivity index (χ4n) is 8.32. The highest BCUT2D eigenvalue weighted by molar-refractivity contribution is 6.30. The Bertz CT molecular complexity index is 1820. The molecule has 2 atom stereocenters. The van der Waals surface area contributed by atoms with Crippen molar-refractivity contribution in [2.45, 2.75) is 76.9 Å². The Morgan fingerprint density at radius 1 is 0.882 bits per heavy atom. The summed E-state index contributed by atoms with van der Waals surface area (Å²) in [5.74, 6) is -5.02. The maximum Gasteiger partial charge on any atom is 0.280 e. The normalized spacial score (nSPS) is 25.2. The van der Waals surface area contributed by atoms with E-state index in [1.807, 2.05) is 24.3 Å². The van der Waals surface area contributed by atoms with Crippen LogP contribution in [0.3, 0.4) is 0 Å². The van der Waals surface area contributed by atoms with Crippen LogP contribution in [0.1, 0.15) is 84.2 Å². The van der Waals surface area contributed by atoms with Crippen LogP contribution in [0.15, 0.2) is 48.0 Å². The molecule has 3 saturated heterocycles. The average molecular weight is 722 g/mol. The summed E-state index contributed by atoms with van der Waals surface area (Å²) in [4.78, 5) is 70.5. The minimum absolute atomic E-state index is 0.0291. The summed E-state index contributed by atoms with van der Waals surface area (Å²) >= 11 is 6.14. The number of halogens is 3. The topological polar surface area (TPSA) is 110 Å². The number of rotatable bonds is 5. The van der Waals surface area contributed by atoms with Crippen molar-refractivity contribution in [3.8, 4) is 0 Å². The van der Waals surface area contributed by atoms with Crippen LogP contribution < -0.4 is 5.32 Å². The lowest BCUT2D eigenvalue weighted by Gasteiger charge is -2.46. The van der Waals surface area contributed by atoms with Gasteiger partial charge in [-0.15, -0.1) is 0 Å². The second-order valence-corrected chi connectivity index (χ2v) is 15.6. The number of nitrogens with one attached hydrogen (secondary N) is 1. The van der Waals surface area contributed by atoms with Gasteiger partial charge in [0.1, 0.15) is 6.04 Å². The van der Waals surface area contributed by atoms with Crippen LogP contribution in [-0.2, 0) is 20.9 Å². The molecule has 3 fully saturated rings. The highest BCUT2D eigenvalue weighted by Gasteiger charge is 2.49. The number of carbonyl (C=O) groups excluding carboxylic acids is 5. The highest BCUT2D eigenvalue weighted by Crippen LogP contribution is 2.44. The van der Waals surface area contributed by atoms with Gasteiger partial charge in [-0.1, -0.05) is 37.6 Å². The van der Waals surface area contributed by atoms with Gasteiger partial charge in [0.2, 0.25) is 17.7 Å². The number of alkyl halides is 2. The maximum atomic E-state index is 15.8. The number of imide groups is 1. The highest BCUT2D eigenvalue weighted by atomic mass is 35.5. The number of nitrogens with zero attached hydrogens (tertiary/aromatic N) is 4. The molecule has 4 heterocycles.